The number of amides is 2. The third-order valence-corrected chi connectivity index (χ3v) is 9.89. The third kappa shape index (κ3) is 32.5. The van der Waals surface area contributed by atoms with E-state index in [1.807, 2.05) is 6.92 Å². The van der Waals surface area contributed by atoms with Crippen LogP contribution in [0.15, 0.2) is 24.3 Å². The Morgan fingerprint density at radius 2 is 0.840 bits per heavy atom. The number of aliphatic hydroxyl groups is 1. The molecule has 0 bridgehead atoms. The second-order valence-electron chi connectivity index (χ2n) is 13.8. The van der Waals surface area contributed by atoms with Crippen molar-refractivity contribution in [1.82, 2.24) is 0 Å². The number of nitrogens with zero attached hydrogens (tertiary/aromatic N) is 1. The molecule has 0 heterocycles. The molecule has 0 radical (unpaired) electrons. The van der Waals surface area contributed by atoms with Crippen LogP contribution in [0.4, 0.5) is 0 Å². The van der Waals surface area contributed by atoms with Crippen molar-refractivity contribution in [3.63, 3.8) is 0 Å². The van der Waals surface area contributed by atoms with Gasteiger partial charge in [0.05, 0.1) is 33.1 Å². The summed E-state index contributed by atoms with van der Waals surface area (Å²) in [6, 6.07) is 0. The summed E-state index contributed by atoms with van der Waals surface area (Å²) in [6.07, 6.45) is 42.3. The molecule has 0 atom stereocenters. The van der Waals surface area contributed by atoms with E-state index in [1.54, 1.807) is 0 Å². The van der Waals surface area contributed by atoms with E-state index in [4.69, 9.17) is 0 Å². The first-order chi connectivity index (χ1) is 24.1. The van der Waals surface area contributed by atoms with Crippen molar-refractivity contribution < 1.29 is 36.3 Å². The second-order valence-corrected chi connectivity index (χ2v) is 14.9. The molecule has 0 saturated carbocycles. The number of aliphatic hydroxyl groups excluding tert-OH is 1. The van der Waals surface area contributed by atoms with Crippen LogP contribution in [0, 0.1) is 0 Å². The molecule has 0 aromatic rings. The van der Waals surface area contributed by atoms with Gasteiger partial charge in [-0.1, -0.05) is 141 Å². The summed E-state index contributed by atoms with van der Waals surface area (Å²) in [5, 5.41) is 9.71. The van der Waals surface area contributed by atoms with Crippen molar-refractivity contribution in [2.75, 3.05) is 26.8 Å². The topological polar surface area (TPSA) is 121 Å². The van der Waals surface area contributed by atoms with E-state index in [2.05, 4.69) is 42.3 Å². The Hall–Kier alpha value is -1.39. The molecule has 9 heteroatoms. The minimum atomic E-state index is -4.41. The summed E-state index contributed by atoms with van der Waals surface area (Å²) in [4.78, 5) is 26.5. The zero-order valence-corrected chi connectivity index (χ0v) is 33.8. The molecule has 0 aromatic carbocycles. The number of hydrogen-bond acceptors (Lipinski definition) is 7. The summed E-state index contributed by atoms with van der Waals surface area (Å²) in [5.41, 5.74) is 0. The lowest BCUT2D eigenvalue weighted by atomic mass is 10.1. The molecular formula is C41H79NO7S. The van der Waals surface area contributed by atoms with Crippen molar-refractivity contribution in [3.8, 4) is 0 Å². The van der Waals surface area contributed by atoms with Crippen LogP contribution in [0.3, 0.4) is 0 Å². The van der Waals surface area contributed by atoms with Gasteiger partial charge in [0.15, 0.2) is 0 Å². The smallest absolute Gasteiger partial charge is 0.321 e. The quantitative estimate of drug-likeness (QED) is 0.0230. The van der Waals surface area contributed by atoms with Gasteiger partial charge in [0.25, 0.3) is 0 Å². The van der Waals surface area contributed by atoms with Gasteiger partial charge in [0, 0.05) is 0 Å². The van der Waals surface area contributed by atoms with E-state index >= 15 is 0 Å². The molecule has 0 fully saturated rings. The fourth-order valence-corrected chi connectivity index (χ4v) is 6.19. The Kier molecular flexibility index (Phi) is 37.9. The minimum Gasteiger partial charge on any atom is -0.726 e. The van der Waals surface area contributed by atoms with Crippen LogP contribution in [0.2, 0.25) is 0 Å². The minimum absolute atomic E-state index is 0.0110. The summed E-state index contributed by atoms with van der Waals surface area (Å²) in [7, 11) is -3.60. The number of carbonyl (C=O) groups is 2. The van der Waals surface area contributed by atoms with E-state index in [-0.39, 0.29) is 29.4 Å². The maximum absolute atomic E-state index is 13.2. The highest BCUT2D eigenvalue weighted by molar-refractivity contribution is 7.80. The summed E-state index contributed by atoms with van der Waals surface area (Å²) >= 11 is 0. The van der Waals surface area contributed by atoms with Crippen molar-refractivity contribution in [2.45, 2.75) is 201 Å². The van der Waals surface area contributed by atoms with Crippen molar-refractivity contribution >= 4 is 22.2 Å². The second kappa shape index (κ2) is 37.4. The molecule has 0 spiro atoms. The molecule has 8 nitrogen and oxygen atoms in total. The molecule has 0 saturated heterocycles. The van der Waals surface area contributed by atoms with Gasteiger partial charge in [0.2, 0.25) is 10.4 Å². The van der Waals surface area contributed by atoms with Crippen molar-refractivity contribution in [3.05, 3.63) is 24.3 Å². The fourth-order valence-electron chi connectivity index (χ4n) is 6.19. The summed E-state index contributed by atoms with van der Waals surface area (Å²) in [6.45, 7) is 7.01. The van der Waals surface area contributed by atoms with Gasteiger partial charge in [-0.05, 0) is 71.1 Å². The number of likely N-dealkylation sites (N-methyl/N-ethyl adjacent to an activating group) is 1. The van der Waals surface area contributed by atoms with Crippen LogP contribution in [-0.2, 0) is 24.2 Å². The molecule has 50 heavy (non-hydrogen) atoms. The summed E-state index contributed by atoms with van der Waals surface area (Å²) in [5.74, 6) is 0.0221. The molecule has 0 unspecified atom stereocenters. The molecule has 0 aliphatic heterocycles. The van der Waals surface area contributed by atoms with Crippen LogP contribution in [-0.4, -0.2) is 61.2 Å². The highest BCUT2D eigenvalue weighted by atomic mass is 32.3. The van der Waals surface area contributed by atoms with Crippen LogP contribution < -0.4 is 0 Å². The van der Waals surface area contributed by atoms with Crippen LogP contribution in [0.1, 0.15) is 201 Å². The molecule has 0 aliphatic rings. The first-order valence-corrected chi connectivity index (χ1v) is 21.8. The van der Waals surface area contributed by atoms with Crippen LogP contribution >= 0.6 is 0 Å². The molecule has 296 valence electrons. The highest BCUT2D eigenvalue weighted by Gasteiger charge is 2.41. The van der Waals surface area contributed by atoms with Gasteiger partial charge in [-0.2, -0.15) is 4.48 Å². The van der Waals surface area contributed by atoms with E-state index in [9.17, 15) is 27.7 Å². The molecule has 1 N–H and O–H groups in total. The zero-order valence-electron chi connectivity index (χ0n) is 33.0. The fraction of sp³-hybridized carbons (Fsp3) is 0.854. The Labute approximate surface area is 309 Å². The predicted molar refractivity (Wildman–Crippen MR) is 208 cm³/mol. The van der Waals surface area contributed by atoms with E-state index in [0.717, 1.165) is 58.5 Å². The van der Waals surface area contributed by atoms with E-state index in [0.29, 0.717) is 19.4 Å². The third-order valence-electron chi connectivity index (χ3n) is 9.49. The highest BCUT2D eigenvalue weighted by Crippen LogP contribution is 2.19. The maximum Gasteiger partial charge on any atom is 0.321 e. The molecule has 0 aliphatic carbocycles. The Morgan fingerprint density at radius 1 is 0.560 bits per heavy atom. The normalized spacial score (nSPS) is 12.1. The largest absolute Gasteiger partial charge is 0.726 e. The number of allylic oxidation sites excluding steroid dienone is 4. The van der Waals surface area contributed by atoms with Crippen molar-refractivity contribution in [2.24, 2.45) is 0 Å². The van der Waals surface area contributed by atoms with E-state index in [1.165, 1.54) is 116 Å². The monoisotopic (exact) mass is 730 g/mol. The van der Waals surface area contributed by atoms with Gasteiger partial charge in [-0.15, -0.1) is 0 Å². The zero-order chi connectivity index (χ0) is 37.6. The number of rotatable bonds is 34. The number of hydrogen-bond donors (Lipinski definition) is 1. The molecule has 0 aromatic heterocycles. The van der Waals surface area contributed by atoms with Gasteiger partial charge in [-0.3, -0.25) is 4.18 Å². The Bertz CT molecular complexity index is 881. The first kappa shape index (κ1) is 50.7. The van der Waals surface area contributed by atoms with E-state index < -0.39 is 10.4 Å². The maximum atomic E-state index is 13.2. The average Bonchev–Trinajstić information content (AvgIpc) is 3.10. The lowest BCUT2D eigenvalue weighted by Crippen LogP contribution is -2.58. The number of imide groups is 1. The van der Waals surface area contributed by atoms with Crippen molar-refractivity contribution in [1.29, 1.82) is 0 Å². The lowest BCUT2D eigenvalue weighted by Gasteiger charge is -2.32. The Balaban J connectivity index is 0. The Morgan fingerprint density at radius 3 is 1.10 bits per heavy atom. The number of unbranched alkanes of at least 4 members (excludes halogenated alkanes) is 22. The number of quaternary nitrogens is 1. The summed E-state index contributed by atoms with van der Waals surface area (Å²) < 4.78 is 30.9. The van der Waals surface area contributed by atoms with Gasteiger partial charge < -0.3 is 9.66 Å². The average molecular weight is 730 g/mol. The SMILES string of the molecule is CCCCCCCC/C=C/CCCCCCCC(=O)[N+](CC)(CCO)C(=O)CCCCCCC/C=C/CCCCCCCC.COS(=O)(=O)[O-]. The standard InChI is InChI=1S/C40H76NO3.CH4O4S/c1-4-7-9-11-13-15-17-19-21-23-25-27-29-31-33-35-39(43)41(6-3,37-38-42)40(44)36-34-32-30-28-26-24-22-20-18-16-14-12-10-8-5-2;1-5-6(2,3)4/h19-22,42H,4-18,23-38H2,1-3H3;1H3,(H,2,3,4)/q+1;/p-1/b21-19+,22-20+;. The molecule has 2 amide bonds. The number of carbonyl (C=O) groups excluding carboxylic acids is 2. The van der Waals surface area contributed by atoms with Gasteiger partial charge in [0.1, 0.15) is 6.54 Å². The first-order valence-electron chi connectivity index (χ1n) is 20.5. The molecule has 0 rings (SSSR count). The van der Waals surface area contributed by atoms with Gasteiger partial charge >= 0.3 is 11.8 Å². The molecular weight excluding hydrogens is 651 g/mol. The van der Waals surface area contributed by atoms with Gasteiger partial charge in [-0.25, -0.2) is 18.0 Å². The lowest BCUT2D eigenvalue weighted by molar-refractivity contribution is -0.778. The van der Waals surface area contributed by atoms with Crippen LogP contribution in [0.5, 0.6) is 0 Å². The predicted octanol–water partition coefficient (Wildman–Crippen LogP) is 11.0. The van der Waals surface area contributed by atoms with Crippen LogP contribution in [0.25, 0.3) is 0 Å².